The smallest absolute Gasteiger partial charge is 0.132 e. The summed E-state index contributed by atoms with van der Waals surface area (Å²) in [4.78, 5) is 11.6. The van der Waals surface area contributed by atoms with Gasteiger partial charge in [0.1, 0.15) is 11.5 Å². The van der Waals surface area contributed by atoms with Gasteiger partial charge in [-0.2, -0.15) is 0 Å². The van der Waals surface area contributed by atoms with Gasteiger partial charge in [0.15, 0.2) is 0 Å². The van der Waals surface area contributed by atoms with Gasteiger partial charge in [0, 0.05) is 12.8 Å². The molecule has 1 aromatic carbocycles. The molecule has 0 amide bonds. The van der Waals surface area contributed by atoms with E-state index in [1.807, 2.05) is 6.92 Å². The highest BCUT2D eigenvalue weighted by molar-refractivity contribution is 5.78. The predicted octanol–water partition coefficient (Wildman–Crippen LogP) is 4.70. The summed E-state index contributed by atoms with van der Waals surface area (Å²) >= 11 is 0. The van der Waals surface area contributed by atoms with Crippen LogP contribution >= 0.6 is 0 Å². The largest absolute Gasteiger partial charge is 0.494 e. The fourth-order valence-corrected chi connectivity index (χ4v) is 2.66. The summed E-state index contributed by atoms with van der Waals surface area (Å²) in [5, 5.41) is 0. The first-order valence-corrected chi connectivity index (χ1v) is 7.75. The molecule has 0 fully saturated rings. The first-order valence-electron chi connectivity index (χ1n) is 7.75. The van der Waals surface area contributed by atoms with E-state index in [1.54, 1.807) is 0 Å². The van der Waals surface area contributed by atoms with Crippen LogP contribution in [0.25, 0.3) is 0 Å². The second-order valence-corrected chi connectivity index (χ2v) is 5.50. The molecule has 0 saturated heterocycles. The van der Waals surface area contributed by atoms with Crippen molar-refractivity contribution in [1.29, 1.82) is 0 Å². The molecule has 20 heavy (non-hydrogen) atoms. The summed E-state index contributed by atoms with van der Waals surface area (Å²) < 4.78 is 5.67. The normalized spacial score (nSPS) is 10.7. The molecule has 0 aliphatic rings. The van der Waals surface area contributed by atoms with E-state index in [1.165, 1.54) is 22.3 Å². The zero-order valence-electron chi connectivity index (χ0n) is 13.6. The van der Waals surface area contributed by atoms with Crippen LogP contribution in [0.4, 0.5) is 0 Å². The SMILES string of the molecule is CCCC(=O)CCCc1c(C)cc(OCC)c(C)c1C. The van der Waals surface area contributed by atoms with Crippen molar-refractivity contribution in [1.82, 2.24) is 0 Å². The number of rotatable bonds is 8. The van der Waals surface area contributed by atoms with Gasteiger partial charge in [-0.15, -0.1) is 0 Å². The number of benzene rings is 1. The van der Waals surface area contributed by atoms with Crippen LogP contribution in [0.3, 0.4) is 0 Å². The van der Waals surface area contributed by atoms with Crippen molar-refractivity contribution in [3.63, 3.8) is 0 Å². The van der Waals surface area contributed by atoms with Crippen molar-refractivity contribution < 1.29 is 9.53 Å². The van der Waals surface area contributed by atoms with Gasteiger partial charge in [-0.1, -0.05) is 6.92 Å². The summed E-state index contributed by atoms with van der Waals surface area (Å²) in [7, 11) is 0. The van der Waals surface area contributed by atoms with Crippen LogP contribution in [0.15, 0.2) is 6.07 Å². The molecule has 0 saturated carbocycles. The average molecular weight is 276 g/mol. The Hall–Kier alpha value is -1.31. The number of carbonyl (C=O) groups excluding carboxylic acids is 1. The van der Waals surface area contributed by atoms with Crippen molar-refractivity contribution in [2.45, 2.75) is 66.7 Å². The molecule has 1 aromatic rings. The van der Waals surface area contributed by atoms with Gasteiger partial charge in [0.2, 0.25) is 0 Å². The number of Topliss-reactive ketones (excluding diaryl/α,β-unsaturated/α-hetero) is 1. The van der Waals surface area contributed by atoms with E-state index in [9.17, 15) is 4.79 Å². The van der Waals surface area contributed by atoms with E-state index in [0.29, 0.717) is 18.8 Å². The topological polar surface area (TPSA) is 26.3 Å². The number of ketones is 1. The number of hydrogen-bond acceptors (Lipinski definition) is 2. The molecule has 0 spiro atoms. The van der Waals surface area contributed by atoms with Crippen molar-refractivity contribution in [2.75, 3.05) is 6.61 Å². The van der Waals surface area contributed by atoms with Crippen LogP contribution in [-0.4, -0.2) is 12.4 Å². The standard InChI is InChI=1S/C18H28O2/c1-6-9-16(19)10-8-11-17-13(3)12-18(20-7-2)15(5)14(17)4/h12H,6-11H2,1-5H3. The monoisotopic (exact) mass is 276 g/mol. The van der Waals surface area contributed by atoms with Gasteiger partial charge in [-0.05, 0) is 75.3 Å². The quantitative estimate of drug-likeness (QED) is 0.687. The van der Waals surface area contributed by atoms with Crippen LogP contribution < -0.4 is 4.74 Å². The molecule has 2 nitrogen and oxygen atoms in total. The van der Waals surface area contributed by atoms with Gasteiger partial charge in [0.25, 0.3) is 0 Å². The van der Waals surface area contributed by atoms with E-state index in [0.717, 1.165) is 31.4 Å². The molecule has 0 aliphatic carbocycles. The third kappa shape index (κ3) is 4.36. The summed E-state index contributed by atoms with van der Waals surface area (Å²) in [6.07, 6.45) is 4.33. The predicted molar refractivity (Wildman–Crippen MR) is 84.7 cm³/mol. The molecule has 0 heterocycles. The minimum absolute atomic E-state index is 0.394. The van der Waals surface area contributed by atoms with Crippen molar-refractivity contribution in [2.24, 2.45) is 0 Å². The van der Waals surface area contributed by atoms with Gasteiger partial charge in [0.05, 0.1) is 6.61 Å². The Balaban J connectivity index is 2.76. The van der Waals surface area contributed by atoms with Crippen molar-refractivity contribution in [3.05, 3.63) is 28.3 Å². The van der Waals surface area contributed by atoms with Crippen LogP contribution in [-0.2, 0) is 11.2 Å². The maximum absolute atomic E-state index is 11.6. The highest BCUT2D eigenvalue weighted by Gasteiger charge is 2.11. The maximum Gasteiger partial charge on any atom is 0.132 e. The molecular weight excluding hydrogens is 248 g/mol. The van der Waals surface area contributed by atoms with Crippen LogP contribution in [0.1, 0.15) is 61.8 Å². The lowest BCUT2D eigenvalue weighted by Crippen LogP contribution is -2.03. The van der Waals surface area contributed by atoms with Crippen molar-refractivity contribution >= 4 is 5.78 Å². The minimum Gasteiger partial charge on any atom is -0.494 e. The van der Waals surface area contributed by atoms with E-state index in [4.69, 9.17) is 4.74 Å². The maximum atomic E-state index is 11.6. The van der Waals surface area contributed by atoms with Crippen LogP contribution in [0, 0.1) is 20.8 Å². The summed E-state index contributed by atoms with van der Waals surface area (Å²) in [5.74, 6) is 1.39. The Bertz CT molecular complexity index is 461. The molecule has 0 N–H and O–H groups in total. The van der Waals surface area contributed by atoms with Gasteiger partial charge in [-0.3, -0.25) is 4.79 Å². The first-order chi connectivity index (χ1) is 9.51. The molecule has 0 unspecified atom stereocenters. The average Bonchev–Trinajstić information content (AvgIpc) is 2.40. The molecule has 0 bridgehead atoms. The molecule has 112 valence electrons. The molecule has 0 aliphatic heterocycles. The van der Waals surface area contributed by atoms with Crippen LogP contribution in [0.5, 0.6) is 5.75 Å². The lowest BCUT2D eigenvalue weighted by Gasteiger charge is -2.16. The van der Waals surface area contributed by atoms with Crippen molar-refractivity contribution in [3.8, 4) is 5.75 Å². The Labute approximate surface area is 123 Å². The Kier molecular flexibility index (Phi) is 6.77. The van der Waals surface area contributed by atoms with E-state index in [-0.39, 0.29) is 0 Å². The highest BCUT2D eigenvalue weighted by atomic mass is 16.5. The number of hydrogen-bond donors (Lipinski definition) is 0. The number of carbonyl (C=O) groups is 1. The fraction of sp³-hybridized carbons (Fsp3) is 0.611. The fourth-order valence-electron chi connectivity index (χ4n) is 2.66. The number of ether oxygens (including phenoxy) is 1. The highest BCUT2D eigenvalue weighted by Crippen LogP contribution is 2.28. The Morgan fingerprint density at radius 3 is 2.40 bits per heavy atom. The second kappa shape index (κ2) is 8.08. The number of aryl methyl sites for hydroxylation is 1. The van der Waals surface area contributed by atoms with Gasteiger partial charge >= 0.3 is 0 Å². The zero-order chi connectivity index (χ0) is 15.1. The summed E-state index contributed by atoms with van der Waals surface area (Å²) in [6, 6.07) is 2.13. The third-order valence-corrected chi connectivity index (χ3v) is 3.92. The van der Waals surface area contributed by atoms with Gasteiger partial charge < -0.3 is 4.74 Å². The lowest BCUT2D eigenvalue weighted by atomic mass is 9.93. The van der Waals surface area contributed by atoms with Crippen LogP contribution in [0.2, 0.25) is 0 Å². The first kappa shape index (κ1) is 16.7. The molecule has 2 heteroatoms. The second-order valence-electron chi connectivity index (χ2n) is 5.50. The molecular formula is C18H28O2. The third-order valence-electron chi connectivity index (χ3n) is 3.92. The molecule has 0 aromatic heterocycles. The lowest BCUT2D eigenvalue weighted by molar-refractivity contribution is -0.119. The minimum atomic E-state index is 0.394. The van der Waals surface area contributed by atoms with E-state index in [2.05, 4.69) is 33.8 Å². The summed E-state index contributed by atoms with van der Waals surface area (Å²) in [5.41, 5.74) is 5.21. The molecule has 0 atom stereocenters. The van der Waals surface area contributed by atoms with Gasteiger partial charge in [-0.25, -0.2) is 0 Å². The zero-order valence-corrected chi connectivity index (χ0v) is 13.6. The van der Waals surface area contributed by atoms with E-state index >= 15 is 0 Å². The summed E-state index contributed by atoms with van der Waals surface area (Å²) in [6.45, 7) is 11.2. The Morgan fingerprint density at radius 2 is 1.80 bits per heavy atom. The van der Waals surface area contributed by atoms with E-state index < -0.39 is 0 Å². The molecule has 0 radical (unpaired) electrons. The Morgan fingerprint density at radius 1 is 1.10 bits per heavy atom. The molecule has 1 rings (SSSR count).